The molecule has 0 aliphatic heterocycles. The largest absolute Gasteiger partial charge is 0.310 e. The average Bonchev–Trinajstić information content (AvgIpc) is 2.09. The van der Waals surface area contributed by atoms with Crippen molar-refractivity contribution in [1.29, 1.82) is 0 Å². The van der Waals surface area contributed by atoms with Gasteiger partial charge in [-0.3, -0.25) is 4.98 Å². The van der Waals surface area contributed by atoms with E-state index in [-0.39, 0.29) is 0 Å². The second-order valence-corrected chi connectivity index (χ2v) is 3.01. The van der Waals surface area contributed by atoms with Crippen molar-refractivity contribution < 1.29 is 0 Å². The molecule has 0 saturated heterocycles. The molecule has 1 heterocycles. The van der Waals surface area contributed by atoms with E-state index in [9.17, 15) is 0 Å². The minimum Gasteiger partial charge on any atom is -0.310 e. The average molecular weight is 185 g/mol. The van der Waals surface area contributed by atoms with Crippen LogP contribution in [0.4, 0.5) is 0 Å². The number of aromatic nitrogens is 1. The fourth-order valence-corrected chi connectivity index (χ4v) is 1.11. The van der Waals surface area contributed by atoms with Crippen molar-refractivity contribution in [1.82, 2.24) is 10.3 Å². The first-order valence-corrected chi connectivity index (χ1v) is 4.55. The molecule has 3 heteroatoms. The van der Waals surface area contributed by atoms with Crippen LogP contribution in [0.2, 0.25) is 0 Å². The molecule has 0 bridgehead atoms. The van der Waals surface area contributed by atoms with Gasteiger partial charge >= 0.3 is 0 Å². The van der Waals surface area contributed by atoms with Crippen molar-refractivity contribution in [2.45, 2.75) is 13.5 Å². The number of pyridine rings is 1. The molecule has 1 aromatic rings. The molecule has 1 aromatic heterocycles. The third-order valence-electron chi connectivity index (χ3n) is 1.68. The number of nitrogens with zero attached hydrogens (tertiary/aromatic N) is 1. The number of halogens is 1. The first kappa shape index (κ1) is 9.49. The lowest BCUT2D eigenvalue weighted by Crippen LogP contribution is -2.17. The van der Waals surface area contributed by atoms with Crippen molar-refractivity contribution in [3.8, 4) is 0 Å². The maximum Gasteiger partial charge on any atom is 0.0570 e. The fraction of sp³-hybridized carbons (Fsp3) is 0.444. The molecule has 0 unspecified atom stereocenters. The van der Waals surface area contributed by atoms with E-state index < -0.39 is 0 Å². The predicted octanol–water partition coefficient (Wildman–Crippen LogP) is 1.72. The van der Waals surface area contributed by atoms with Crippen molar-refractivity contribution in [2.24, 2.45) is 0 Å². The second-order valence-electron chi connectivity index (χ2n) is 2.63. The Hall–Kier alpha value is -0.600. The molecule has 0 amide bonds. The summed E-state index contributed by atoms with van der Waals surface area (Å²) in [4.78, 5) is 4.24. The van der Waals surface area contributed by atoms with Crippen LogP contribution in [0.25, 0.3) is 0 Å². The van der Waals surface area contributed by atoms with Gasteiger partial charge in [0, 0.05) is 25.2 Å². The van der Waals surface area contributed by atoms with Gasteiger partial charge in [0.05, 0.1) is 5.69 Å². The summed E-state index contributed by atoms with van der Waals surface area (Å²) in [7, 11) is 0. The molecule has 0 aliphatic carbocycles. The van der Waals surface area contributed by atoms with E-state index >= 15 is 0 Å². The van der Waals surface area contributed by atoms with Gasteiger partial charge in [0.2, 0.25) is 0 Å². The van der Waals surface area contributed by atoms with E-state index in [0.717, 1.165) is 18.8 Å². The van der Waals surface area contributed by atoms with Gasteiger partial charge < -0.3 is 5.32 Å². The minimum absolute atomic E-state index is 0.645. The molecule has 66 valence electrons. The summed E-state index contributed by atoms with van der Waals surface area (Å²) < 4.78 is 0. The third kappa shape index (κ3) is 2.80. The second kappa shape index (κ2) is 5.12. The summed E-state index contributed by atoms with van der Waals surface area (Å²) in [6.45, 7) is 3.70. The summed E-state index contributed by atoms with van der Waals surface area (Å²) in [5.74, 6) is 0.645. The molecule has 0 aromatic carbocycles. The van der Waals surface area contributed by atoms with Crippen LogP contribution in [-0.2, 0) is 6.54 Å². The van der Waals surface area contributed by atoms with E-state index in [1.807, 2.05) is 12.3 Å². The number of hydrogen-bond acceptors (Lipinski definition) is 2. The van der Waals surface area contributed by atoms with Crippen LogP contribution in [0.1, 0.15) is 11.3 Å². The molecule has 0 spiro atoms. The van der Waals surface area contributed by atoms with E-state index in [2.05, 4.69) is 23.3 Å². The standard InChI is InChI=1S/C9H13ClN2/c1-8-3-2-5-12-9(8)7-11-6-4-10/h2-3,5,11H,4,6-7H2,1H3. The summed E-state index contributed by atoms with van der Waals surface area (Å²) in [6, 6.07) is 4.01. The zero-order chi connectivity index (χ0) is 8.81. The number of alkyl halides is 1. The lowest BCUT2D eigenvalue weighted by Gasteiger charge is -2.04. The van der Waals surface area contributed by atoms with Crippen molar-refractivity contribution >= 4 is 11.6 Å². The highest BCUT2D eigenvalue weighted by Gasteiger charge is 1.96. The van der Waals surface area contributed by atoms with Crippen molar-refractivity contribution in [3.63, 3.8) is 0 Å². The van der Waals surface area contributed by atoms with Gasteiger partial charge in [-0.05, 0) is 18.6 Å². The SMILES string of the molecule is Cc1cccnc1CNCCCl. The third-order valence-corrected chi connectivity index (χ3v) is 1.87. The number of nitrogens with one attached hydrogen (secondary N) is 1. The minimum atomic E-state index is 0.645. The van der Waals surface area contributed by atoms with Gasteiger partial charge in [-0.15, -0.1) is 11.6 Å². The quantitative estimate of drug-likeness (QED) is 0.570. The molecule has 1 rings (SSSR count). The highest BCUT2D eigenvalue weighted by atomic mass is 35.5. The maximum atomic E-state index is 5.52. The Kier molecular flexibility index (Phi) is 4.05. The fourth-order valence-electron chi connectivity index (χ4n) is 0.977. The molecule has 2 nitrogen and oxygen atoms in total. The Morgan fingerprint density at radius 1 is 1.58 bits per heavy atom. The van der Waals surface area contributed by atoms with Gasteiger partial charge in [-0.2, -0.15) is 0 Å². The molecule has 0 aliphatic rings. The van der Waals surface area contributed by atoms with Crippen molar-refractivity contribution in [3.05, 3.63) is 29.6 Å². The molecule has 12 heavy (non-hydrogen) atoms. The number of aryl methyl sites for hydroxylation is 1. The summed E-state index contributed by atoms with van der Waals surface area (Å²) >= 11 is 5.52. The van der Waals surface area contributed by atoms with Crippen LogP contribution in [-0.4, -0.2) is 17.4 Å². The van der Waals surface area contributed by atoms with E-state index in [4.69, 9.17) is 11.6 Å². The highest BCUT2D eigenvalue weighted by Crippen LogP contribution is 2.01. The van der Waals surface area contributed by atoms with Gasteiger partial charge in [0.15, 0.2) is 0 Å². The van der Waals surface area contributed by atoms with Crippen LogP contribution in [0, 0.1) is 6.92 Å². The van der Waals surface area contributed by atoms with Crippen LogP contribution in [0.3, 0.4) is 0 Å². The predicted molar refractivity (Wildman–Crippen MR) is 51.4 cm³/mol. The first-order valence-electron chi connectivity index (χ1n) is 4.02. The molecule has 1 N–H and O–H groups in total. The zero-order valence-corrected chi connectivity index (χ0v) is 7.93. The zero-order valence-electron chi connectivity index (χ0n) is 7.18. The summed E-state index contributed by atoms with van der Waals surface area (Å²) in [5.41, 5.74) is 2.32. The molecule has 0 saturated carbocycles. The molecular weight excluding hydrogens is 172 g/mol. The Balaban J connectivity index is 2.46. The Morgan fingerprint density at radius 3 is 3.08 bits per heavy atom. The first-order chi connectivity index (χ1) is 5.84. The monoisotopic (exact) mass is 184 g/mol. The molecule has 0 atom stereocenters. The Bertz CT molecular complexity index is 238. The van der Waals surface area contributed by atoms with Crippen LogP contribution < -0.4 is 5.32 Å². The maximum absolute atomic E-state index is 5.52. The van der Waals surface area contributed by atoms with Crippen LogP contribution in [0.15, 0.2) is 18.3 Å². The molecular formula is C9H13ClN2. The van der Waals surface area contributed by atoms with E-state index in [0.29, 0.717) is 5.88 Å². The number of rotatable bonds is 4. The van der Waals surface area contributed by atoms with Gasteiger partial charge in [0.1, 0.15) is 0 Å². The normalized spacial score (nSPS) is 10.2. The summed E-state index contributed by atoms with van der Waals surface area (Å²) in [5, 5.41) is 3.20. The Morgan fingerprint density at radius 2 is 2.42 bits per heavy atom. The van der Waals surface area contributed by atoms with E-state index in [1.54, 1.807) is 0 Å². The van der Waals surface area contributed by atoms with Gasteiger partial charge in [-0.25, -0.2) is 0 Å². The van der Waals surface area contributed by atoms with Gasteiger partial charge in [0.25, 0.3) is 0 Å². The van der Waals surface area contributed by atoms with Gasteiger partial charge in [-0.1, -0.05) is 6.07 Å². The summed E-state index contributed by atoms with van der Waals surface area (Å²) in [6.07, 6.45) is 1.81. The van der Waals surface area contributed by atoms with E-state index in [1.165, 1.54) is 5.56 Å². The molecule has 0 radical (unpaired) electrons. The molecule has 0 fully saturated rings. The van der Waals surface area contributed by atoms with Crippen LogP contribution in [0.5, 0.6) is 0 Å². The lowest BCUT2D eigenvalue weighted by atomic mass is 10.2. The smallest absolute Gasteiger partial charge is 0.0570 e. The lowest BCUT2D eigenvalue weighted by molar-refractivity contribution is 0.709. The topological polar surface area (TPSA) is 24.9 Å². The van der Waals surface area contributed by atoms with Crippen LogP contribution >= 0.6 is 11.6 Å². The van der Waals surface area contributed by atoms with Crippen molar-refractivity contribution in [2.75, 3.05) is 12.4 Å². The number of hydrogen-bond donors (Lipinski definition) is 1. The Labute approximate surface area is 78.0 Å². The highest BCUT2D eigenvalue weighted by molar-refractivity contribution is 6.18.